The molecule has 1 atom stereocenters. The van der Waals surface area contributed by atoms with Crippen LogP contribution in [-0.4, -0.2) is 22.6 Å². The van der Waals surface area contributed by atoms with Crippen LogP contribution in [0.1, 0.15) is 26.8 Å². The maximum atomic E-state index is 4.02. The number of rotatable bonds is 5. The van der Waals surface area contributed by atoms with Crippen LogP contribution in [0.4, 0.5) is 0 Å². The first-order valence-corrected chi connectivity index (χ1v) is 4.88. The number of hydrogen-bond donors (Lipinski definition) is 1. The summed E-state index contributed by atoms with van der Waals surface area (Å²) in [5.74, 6) is 0.718. The van der Waals surface area contributed by atoms with Crippen molar-refractivity contribution < 1.29 is 0 Å². The van der Waals surface area contributed by atoms with E-state index < -0.39 is 0 Å². The van der Waals surface area contributed by atoms with Crippen LogP contribution in [0.3, 0.4) is 0 Å². The molecular weight excluding hydrogens is 162 g/mol. The Labute approximate surface area is 80.2 Å². The molecule has 0 fully saturated rings. The van der Waals surface area contributed by atoms with Crippen molar-refractivity contribution in [3.63, 3.8) is 0 Å². The van der Waals surface area contributed by atoms with Gasteiger partial charge in [0.05, 0.1) is 6.33 Å². The highest BCUT2D eigenvalue weighted by Gasteiger charge is 2.02. The molecule has 0 spiro atoms. The van der Waals surface area contributed by atoms with Gasteiger partial charge in [0, 0.05) is 25.0 Å². The standard InChI is InChI=1S/C10H19N3/c1-9(2)6-12-7-10(3)13-5-4-11-8-13/h4-5,8-10,12H,6-7H2,1-3H3. The molecule has 1 N–H and O–H groups in total. The van der Waals surface area contributed by atoms with E-state index in [9.17, 15) is 0 Å². The van der Waals surface area contributed by atoms with Crippen LogP contribution in [0.25, 0.3) is 0 Å². The van der Waals surface area contributed by atoms with Gasteiger partial charge < -0.3 is 9.88 Å². The minimum Gasteiger partial charge on any atom is -0.333 e. The van der Waals surface area contributed by atoms with Gasteiger partial charge in [0.25, 0.3) is 0 Å². The van der Waals surface area contributed by atoms with Crippen molar-refractivity contribution >= 4 is 0 Å². The van der Waals surface area contributed by atoms with Gasteiger partial charge in [-0.2, -0.15) is 0 Å². The van der Waals surface area contributed by atoms with Gasteiger partial charge in [0.2, 0.25) is 0 Å². The topological polar surface area (TPSA) is 29.9 Å². The zero-order chi connectivity index (χ0) is 9.68. The molecule has 0 amide bonds. The van der Waals surface area contributed by atoms with Crippen LogP contribution < -0.4 is 5.32 Å². The first-order valence-electron chi connectivity index (χ1n) is 4.88. The summed E-state index contributed by atoms with van der Waals surface area (Å²) in [4.78, 5) is 4.02. The Balaban J connectivity index is 2.22. The third-order valence-corrected chi connectivity index (χ3v) is 2.03. The zero-order valence-electron chi connectivity index (χ0n) is 8.70. The SMILES string of the molecule is CC(C)CNCC(C)n1ccnc1. The monoisotopic (exact) mass is 181 g/mol. The number of imidazole rings is 1. The number of nitrogens with zero attached hydrogens (tertiary/aromatic N) is 2. The fraction of sp³-hybridized carbons (Fsp3) is 0.700. The third kappa shape index (κ3) is 3.59. The molecule has 0 aliphatic heterocycles. The fourth-order valence-electron chi connectivity index (χ4n) is 1.22. The lowest BCUT2D eigenvalue weighted by Crippen LogP contribution is -2.26. The van der Waals surface area contributed by atoms with Gasteiger partial charge in [-0.25, -0.2) is 4.98 Å². The van der Waals surface area contributed by atoms with Crippen molar-refractivity contribution in [2.75, 3.05) is 13.1 Å². The maximum absolute atomic E-state index is 4.02. The van der Waals surface area contributed by atoms with Gasteiger partial charge in [-0.1, -0.05) is 13.8 Å². The minimum atomic E-state index is 0.487. The summed E-state index contributed by atoms with van der Waals surface area (Å²) in [6.45, 7) is 8.71. The van der Waals surface area contributed by atoms with Crippen molar-refractivity contribution in [1.82, 2.24) is 14.9 Å². The van der Waals surface area contributed by atoms with Crippen molar-refractivity contribution in [1.29, 1.82) is 0 Å². The highest BCUT2D eigenvalue weighted by molar-refractivity contribution is 4.79. The number of aromatic nitrogens is 2. The smallest absolute Gasteiger partial charge is 0.0948 e. The van der Waals surface area contributed by atoms with E-state index in [4.69, 9.17) is 0 Å². The Morgan fingerprint density at radius 3 is 2.62 bits per heavy atom. The molecule has 3 heteroatoms. The molecule has 13 heavy (non-hydrogen) atoms. The van der Waals surface area contributed by atoms with E-state index in [-0.39, 0.29) is 0 Å². The molecule has 1 unspecified atom stereocenters. The summed E-state index contributed by atoms with van der Waals surface area (Å²) in [7, 11) is 0. The lowest BCUT2D eigenvalue weighted by Gasteiger charge is -2.14. The molecule has 74 valence electrons. The van der Waals surface area contributed by atoms with Crippen molar-refractivity contribution in [3.8, 4) is 0 Å². The molecule has 0 bridgehead atoms. The second kappa shape index (κ2) is 5.02. The summed E-state index contributed by atoms with van der Waals surface area (Å²) in [6, 6.07) is 0.487. The second-order valence-electron chi connectivity index (χ2n) is 3.91. The second-order valence-corrected chi connectivity index (χ2v) is 3.91. The van der Waals surface area contributed by atoms with Crippen molar-refractivity contribution in [3.05, 3.63) is 18.7 Å². The predicted octanol–water partition coefficient (Wildman–Crippen LogP) is 1.69. The largest absolute Gasteiger partial charge is 0.333 e. The average molecular weight is 181 g/mol. The van der Waals surface area contributed by atoms with Crippen LogP contribution in [0, 0.1) is 5.92 Å². The van der Waals surface area contributed by atoms with Gasteiger partial charge >= 0.3 is 0 Å². The summed E-state index contributed by atoms with van der Waals surface area (Å²) in [6.07, 6.45) is 5.68. The summed E-state index contributed by atoms with van der Waals surface area (Å²) in [5, 5.41) is 3.42. The lowest BCUT2D eigenvalue weighted by atomic mass is 10.2. The highest BCUT2D eigenvalue weighted by atomic mass is 15.1. The molecule has 1 aromatic heterocycles. The van der Waals surface area contributed by atoms with Gasteiger partial charge in [-0.3, -0.25) is 0 Å². The summed E-state index contributed by atoms with van der Waals surface area (Å²) < 4.78 is 2.12. The Morgan fingerprint density at radius 1 is 1.31 bits per heavy atom. The zero-order valence-corrected chi connectivity index (χ0v) is 8.70. The van der Waals surface area contributed by atoms with E-state index in [0.29, 0.717) is 6.04 Å². The van der Waals surface area contributed by atoms with E-state index in [1.54, 1.807) is 0 Å². The fourth-order valence-corrected chi connectivity index (χ4v) is 1.22. The molecular formula is C10H19N3. The van der Waals surface area contributed by atoms with Crippen molar-refractivity contribution in [2.45, 2.75) is 26.8 Å². The molecule has 0 saturated carbocycles. The van der Waals surface area contributed by atoms with Crippen LogP contribution >= 0.6 is 0 Å². The number of hydrogen-bond acceptors (Lipinski definition) is 2. The average Bonchev–Trinajstić information content (AvgIpc) is 2.55. The summed E-state index contributed by atoms with van der Waals surface area (Å²) >= 11 is 0. The molecule has 3 nitrogen and oxygen atoms in total. The van der Waals surface area contributed by atoms with Gasteiger partial charge in [0.15, 0.2) is 0 Å². The Bertz CT molecular complexity index is 216. The molecule has 1 rings (SSSR count). The molecule has 0 aliphatic rings. The molecule has 0 aliphatic carbocycles. The first-order chi connectivity index (χ1) is 6.20. The number of nitrogens with one attached hydrogen (secondary N) is 1. The van der Waals surface area contributed by atoms with Crippen molar-refractivity contribution in [2.24, 2.45) is 5.92 Å². The predicted molar refractivity (Wildman–Crippen MR) is 54.6 cm³/mol. The quantitative estimate of drug-likeness (QED) is 0.749. The molecule has 1 heterocycles. The van der Waals surface area contributed by atoms with Gasteiger partial charge in [-0.05, 0) is 19.4 Å². The van der Waals surface area contributed by atoms with Gasteiger partial charge in [0.1, 0.15) is 0 Å². The van der Waals surface area contributed by atoms with Crippen LogP contribution in [0.15, 0.2) is 18.7 Å². The van der Waals surface area contributed by atoms with Crippen LogP contribution in [0.5, 0.6) is 0 Å². The Hall–Kier alpha value is -0.830. The van der Waals surface area contributed by atoms with E-state index in [0.717, 1.165) is 19.0 Å². The first kappa shape index (κ1) is 10.3. The van der Waals surface area contributed by atoms with E-state index in [1.165, 1.54) is 0 Å². The molecule has 0 saturated heterocycles. The molecule has 1 aromatic rings. The Morgan fingerprint density at radius 2 is 2.08 bits per heavy atom. The maximum Gasteiger partial charge on any atom is 0.0948 e. The highest BCUT2D eigenvalue weighted by Crippen LogP contribution is 2.02. The van der Waals surface area contributed by atoms with Crippen LogP contribution in [0.2, 0.25) is 0 Å². The van der Waals surface area contributed by atoms with Gasteiger partial charge in [-0.15, -0.1) is 0 Å². The van der Waals surface area contributed by atoms with E-state index in [1.807, 2.05) is 18.7 Å². The normalized spacial score (nSPS) is 13.5. The lowest BCUT2D eigenvalue weighted by molar-refractivity contribution is 0.463. The molecule has 0 aromatic carbocycles. The molecule has 0 radical (unpaired) electrons. The van der Waals surface area contributed by atoms with E-state index >= 15 is 0 Å². The van der Waals surface area contributed by atoms with Crippen LogP contribution in [-0.2, 0) is 0 Å². The van der Waals surface area contributed by atoms with E-state index in [2.05, 4.69) is 35.6 Å². The minimum absolute atomic E-state index is 0.487. The third-order valence-electron chi connectivity index (χ3n) is 2.03. The summed E-state index contributed by atoms with van der Waals surface area (Å²) in [5.41, 5.74) is 0. The Kier molecular flexibility index (Phi) is 3.96.